The van der Waals surface area contributed by atoms with Crippen LogP contribution in [0.5, 0.6) is 5.75 Å². The molecule has 2 rings (SSSR count). The molecule has 8 heteroatoms. The molecule has 0 fully saturated rings. The predicted molar refractivity (Wildman–Crippen MR) is 104 cm³/mol. The van der Waals surface area contributed by atoms with Gasteiger partial charge in [0.25, 0.3) is 0 Å². The monoisotopic (exact) mass is 376 g/mol. The number of nitrogens with zero attached hydrogens (tertiary/aromatic N) is 1. The highest BCUT2D eigenvalue weighted by molar-refractivity contribution is 7.71. The number of carbonyl (C=O) groups is 1. The molecule has 0 radical (unpaired) electrons. The first-order valence-electron chi connectivity index (χ1n) is 8.25. The number of aliphatic hydroxyl groups is 1. The number of rotatable bonds is 8. The summed E-state index contributed by atoms with van der Waals surface area (Å²) in [5.74, 6) is 0.550. The third kappa shape index (κ3) is 6.21. The number of carbonyl (C=O) groups excluding carboxylic acids is 1. The standard InChI is InChI=1S/C18H24N4O3S/c1-18(2,3)20-9-13(24)10-25-16-6-4-12(19-11-23)8-14(16)15-5-7-17(26)22-21-15/h4-8,11,13,20,24H,9-10H2,1-3H3,(H,19,23)(H,22,26). The fourth-order valence-corrected chi connectivity index (χ4v) is 2.29. The minimum absolute atomic E-state index is 0.0833. The molecule has 0 aliphatic carbocycles. The predicted octanol–water partition coefficient (Wildman–Crippen LogP) is 2.50. The third-order valence-electron chi connectivity index (χ3n) is 3.46. The average Bonchev–Trinajstić information content (AvgIpc) is 2.59. The summed E-state index contributed by atoms with van der Waals surface area (Å²) in [4.78, 5) is 10.7. The Kier molecular flexibility index (Phi) is 6.84. The average molecular weight is 376 g/mol. The lowest BCUT2D eigenvalue weighted by molar-refractivity contribution is -0.105. The molecule has 1 heterocycles. The molecule has 140 valence electrons. The first kappa shape index (κ1) is 20.0. The van der Waals surface area contributed by atoms with Crippen molar-refractivity contribution < 1.29 is 14.6 Å². The molecule has 1 amide bonds. The van der Waals surface area contributed by atoms with E-state index in [1.54, 1.807) is 30.3 Å². The molecule has 4 N–H and O–H groups in total. The highest BCUT2D eigenvalue weighted by atomic mass is 32.1. The van der Waals surface area contributed by atoms with Gasteiger partial charge < -0.3 is 20.5 Å². The lowest BCUT2D eigenvalue weighted by atomic mass is 10.1. The SMILES string of the molecule is CC(C)(C)NCC(O)COc1ccc(NC=O)cc1-c1ccc(=S)[nH]n1. The van der Waals surface area contributed by atoms with Crippen molar-refractivity contribution in [2.75, 3.05) is 18.5 Å². The number of H-pyrrole nitrogens is 1. The Morgan fingerprint density at radius 3 is 2.73 bits per heavy atom. The van der Waals surface area contributed by atoms with E-state index in [0.717, 1.165) is 0 Å². The highest BCUT2D eigenvalue weighted by Gasteiger charge is 2.15. The first-order valence-corrected chi connectivity index (χ1v) is 8.65. The Bertz CT molecular complexity index is 781. The zero-order valence-electron chi connectivity index (χ0n) is 15.1. The number of hydrogen-bond acceptors (Lipinski definition) is 6. The molecule has 1 atom stereocenters. The van der Waals surface area contributed by atoms with E-state index >= 15 is 0 Å². The van der Waals surface area contributed by atoms with Crippen molar-refractivity contribution in [1.82, 2.24) is 15.5 Å². The van der Waals surface area contributed by atoms with E-state index in [2.05, 4.69) is 20.8 Å². The molecular formula is C18H24N4O3S. The van der Waals surface area contributed by atoms with Gasteiger partial charge in [0.2, 0.25) is 6.41 Å². The summed E-state index contributed by atoms with van der Waals surface area (Å²) in [5.41, 5.74) is 1.83. The fraction of sp³-hybridized carbons (Fsp3) is 0.389. The van der Waals surface area contributed by atoms with Crippen LogP contribution in [0.3, 0.4) is 0 Å². The van der Waals surface area contributed by atoms with Crippen LogP contribution in [-0.2, 0) is 4.79 Å². The zero-order chi connectivity index (χ0) is 19.2. The second kappa shape index (κ2) is 8.88. The van der Waals surface area contributed by atoms with Crippen molar-refractivity contribution in [2.24, 2.45) is 0 Å². The van der Waals surface area contributed by atoms with E-state index in [4.69, 9.17) is 17.0 Å². The van der Waals surface area contributed by atoms with E-state index in [1.807, 2.05) is 20.8 Å². The highest BCUT2D eigenvalue weighted by Crippen LogP contribution is 2.31. The molecule has 1 unspecified atom stereocenters. The molecule has 0 spiro atoms. The van der Waals surface area contributed by atoms with E-state index in [-0.39, 0.29) is 12.1 Å². The number of amides is 1. The van der Waals surface area contributed by atoms with Gasteiger partial charge in [-0.1, -0.05) is 12.2 Å². The van der Waals surface area contributed by atoms with Gasteiger partial charge in [0.15, 0.2) is 0 Å². The van der Waals surface area contributed by atoms with Crippen molar-refractivity contribution in [2.45, 2.75) is 32.4 Å². The van der Waals surface area contributed by atoms with Crippen LogP contribution in [-0.4, -0.2) is 46.5 Å². The van der Waals surface area contributed by atoms with E-state index < -0.39 is 6.10 Å². The van der Waals surface area contributed by atoms with Gasteiger partial charge in [-0.25, -0.2) is 0 Å². The fourth-order valence-electron chi connectivity index (χ4n) is 2.18. The van der Waals surface area contributed by atoms with Gasteiger partial charge in [0.1, 0.15) is 23.1 Å². The summed E-state index contributed by atoms with van der Waals surface area (Å²) >= 11 is 5.02. The summed E-state index contributed by atoms with van der Waals surface area (Å²) in [7, 11) is 0. The lowest BCUT2D eigenvalue weighted by Crippen LogP contribution is -2.42. The van der Waals surface area contributed by atoms with E-state index in [9.17, 15) is 9.90 Å². The lowest BCUT2D eigenvalue weighted by Gasteiger charge is -2.23. The van der Waals surface area contributed by atoms with Gasteiger partial charge in [-0.2, -0.15) is 5.10 Å². The molecule has 0 bridgehead atoms. The normalized spacial score (nSPS) is 12.5. The third-order valence-corrected chi connectivity index (χ3v) is 3.69. The van der Waals surface area contributed by atoms with E-state index in [1.165, 1.54) is 0 Å². The van der Waals surface area contributed by atoms with Crippen molar-refractivity contribution in [3.63, 3.8) is 0 Å². The summed E-state index contributed by atoms with van der Waals surface area (Å²) in [6, 6.07) is 8.70. The summed E-state index contributed by atoms with van der Waals surface area (Å²) in [6.45, 7) is 6.63. The van der Waals surface area contributed by atoms with Gasteiger partial charge in [-0.05, 0) is 51.1 Å². The maximum absolute atomic E-state index is 10.7. The molecule has 0 aliphatic rings. The Morgan fingerprint density at radius 2 is 2.12 bits per heavy atom. The van der Waals surface area contributed by atoms with Crippen LogP contribution in [0.2, 0.25) is 0 Å². The van der Waals surface area contributed by atoms with Gasteiger partial charge >= 0.3 is 0 Å². The van der Waals surface area contributed by atoms with Gasteiger partial charge in [0.05, 0.1) is 5.69 Å². The molecule has 26 heavy (non-hydrogen) atoms. The van der Waals surface area contributed by atoms with Crippen molar-refractivity contribution in [3.8, 4) is 17.0 Å². The van der Waals surface area contributed by atoms with Gasteiger partial charge in [-0.3, -0.25) is 9.89 Å². The molecule has 1 aromatic heterocycles. The van der Waals surface area contributed by atoms with Gasteiger partial charge in [0, 0.05) is 23.3 Å². The molecular weight excluding hydrogens is 352 g/mol. The maximum Gasteiger partial charge on any atom is 0.211 e. The maximum atomic E-state index is 10.7. The Morgan fingerprint density at radius 1 is 1.35 bits per heavy atom. The van der Waals surface area contributed by atoms with Crippen LogP contribution >= 0.6 is 12.2 Å². The van der Waals surface area contributed by atoms with Crippen LogP contribution in [0.4, 0.5) is 5.69 Å². The van der Waals surface area contributed by atoms with Crippen LogP contribution in [0.15, 0.2) is 30.3 Å². The first-order chi connectivity index (χ1) is 12.3. The van der Waals surface area contributed by atoms with Crippen molar-refractivity contribution in [1.29, 1.82) is 0 Å². The quantitative estimate of drug-likeness (QED) is 0.417. The smallest absolute Gasteiger partial charge is 0.211 e. The topological polar surface area (TPSA) is 99.3 Å². The summed E-state index contributed by atoms with van der Waals surface area (Å²) in [5, 5.41) is 22.9. The van der Waals surface area contributed by atoms with Crippen LogP contribution in [0, 0.1) is 4.64 Å². The van der Waals surface area contributed by atoms with Crippen LogP contribution < -0.4 is 15.4 Å². The second-order valence-electron chi connectivity index (χ2n) is 6.88. The number of hydrogen-bond donors (Lipinski definition) is 4. The number of ether oxygens (including phenoxy) is 1. The van der Waals surface area contributed by atoms with Gasteiger partial charge in [-0.15, -0.1) is 0 Å². The number of aromatic nitrogens is 2. The number of aromatic amines is 1. The zero-order valence-corrected chi connectivity index (χ0v) is 15.9. The molecule has 2 aromatic rings. The number of nitrogens with one attached hydrogen (secondary N) is 3. The van der Waals surface area contributed by atoms with Crippen molar-refractivity contribution in [3.05, 3.63) is 35.0 Å². The molecule has 0 aliphatic heterocycles. The second-order valence-corrected chi connectivity index (χ2v) is 7.32. The number of anilines is 1. The number of benzene rings is 1. The van der Waals surface area contributed by atoms with Crippen molar-refractivity contribution >= 4 is 24.3 Å². The Hall–Kier alpha value is -2.29. The number of β-amino-alcohol motifs (C(OH)–C–C–N with tert-alkyl or cyclic N) is 1. The largest absolute Gasteiger partial charge is 0.490 e. The summed E-state index contributed by atoms with van der Waals surface area (Å²) < 4.78 is 6.31. The van der Waals surface area contributed by atoms with Crippen LogP contribution in [0.1, 0.15) is 20.8 Å². The minimum atomic E-state index is -0.663. The van der Waals surface area contributed by atoms with Crippen LogP contribution in [0.25, 0.3) is 11.3 Å². The van der Waals surface area contributed by atoms with E-state index in [0.29, 0.717) is 40.3 Å². The summed E-state index contributed by atoms with van der Waals surface area (Å²) in [6.07, 6.45) is -0.0580. The minimum Gasteiger partial charge on any atom is -0.490 e. The molecule has 0 saturated carbocycles. The molecule has 0 saturated heterocycles. The Balaban J connectivity index is 2.17. The molecule has 7 nitrogen and oxygen atoms in total. The number of aliphatic hydroxyl groups excluding tert-OH is 1. The Labute approximate surface area is 157 Å². The molecule has 1 aromatic carbocycles.